The van der Waals surface area contributed by atoms with E-state index in [4.69, 9.17) is 12.6 Å². The maximum Gasteiger partial charge on any atom is 0.139 e. The van der Waals surface area contributed by atoms with Crippen LogP contribution in [0.15, 0.2) is 11.6 Å². The second-order valence-electron chi connectivity index (χ2n) is 10.5. The zero-order valence-electron chi connectivity index (χ0n) is 17.6. The molecule has 0 aliphatic heterocycles. The quantitative estimate of drug-likeness (QED) is 0.220. The molecule has 2 nitrogen and oxygen atoms in total. The number of hydrogen-bond donors (Lipinski definition) is 3. The number of thiol groups is 2. The first-order valence-electron chi connectivity index (χ1n) is 11.6. The van der Waals surface area contributed by atoms with Crippen LogP contribution in [0.3, 0.4) is 0 Å². The van der Waals surface area contributed by atoms with Gasteiger partial charge in [-0.25, -0.2) is 0 Å². The molecule has 158 valence electrons. The van der Waals surface area contributed by atoms with Crippen LogP contribution in [0.5, 0.6) is 0 Å². The number of allylic oxidation sites excluding steroid dienone is 1. The van der Waals surface area contributed by atoms with Gasteiger partial charge in [-0.2, -0.15) is 12.6 Å². The fraction of sp³-hybridized carbons (Fsp3) is 0.875. The summed E-state index contributed by atoms with van der Waals surface area (Å²) in [5, 5.41) is 10.7. The lowest BCUT2D eigenvalue weighted by molar-refractivity contribution is -0.132. The molecule has 7 atom stereocenters. The minimum absolute atomic E-state index is 0.0742. The zero-order chi connectivity index (χ0) is 20.2. The molecular weight excluding hydrogens is 384 g/mol. The second kappa shape index (κ2) is 7.64. The normalized spacial score (nSPS) is 47.9. The first-order valence-corrected chi connectivity index (χ1v) is 12.6. The van der Waals surface area contributed by atoms with Gasteiger partial charge in [0.25, 0.3) is 0 Å². The molecule has 1 N–H and O–H groups in total. The van der Waals surface area contributed by atoms with E-state index in [-0.39, 0.29) is 16.1 Å². The van der Waals surface area contributed by atoms with E-state index in [0.29, 0.717) is 30.0 Å². The third-order valence-electron chi connectivity index (χ3n) is 9.15. The van der Waals surface area contributed by atoms with Crippen LogP contribution in [0.4, 0.5) is 0 Å². The Morgan fingerprint density at radius 1 is 1.21 bits per heavy atom. The molecule has 0 spiro atoms. The topological polar surface area (TPSA) is 37.3 Å². The number of carbonyl (C=O) groups is 1. The Morgan fingerprint density at radius 2 is 2.00 bits per heavy atom. The van der Waals surface area contributed by atoms with E-state index in [1.165, 1.54) is 44.1 Å². The van der Waals surface area contributed by atoms with Crippen LogP contribution in [0.25, 0.3) is 0 Å². The average Bonchev–Trinajstić information content (AvgIpc) is 2.95. The molecule has 0 saturated heterocycles. The van der Waals surface area contributed by atoms with Crippen LogP contribution in [-0.2, 0) is 4.79 Å². The number of carbonyl (C=O) groups excluding carboxylic acids is 1. The summed E-state index contributed by atoms with van der Waals surface area (Å²) in [6.45, 7) is 4.52. The van der Waals surface area contributed by atoms with E-state index in [9.17, 15) is 9.90 Å². The van der Waals surface area contributed by atoms with E-state index in [1.807, 2.05) is 0 Å². The predicted molar refractivity (Wildman–Crippen MR) is 122 cm³/mol. The Morgan fingerprint density at radius 3 is 2.75 bits per heavy atom. The summed E-state index contributed by atoms with van der Waals surface area (Å²) in [4.78, 5) is 11.7. The summed E-state index contributed by atoms with van der Waals surface area (Å²) in [7, 11) is 0. The standard InChI is InChI=1S/C24H38O2S2/c1-3-4-5-6-12-23-15-21(27)24(26,28)14-16(23)7-8-17-18-9-10-20(25)22(18,2)13-11-19(17)23/h7,17-19,21,26-28H,3-6,8-15H2,1-2H3/t17-,18-,19-,21?,22-,23-,24-/m0/s1. The molecule has 0 aromatic carbocycles. The minimum Gasteiger partial charge on any atom is -0.378 e. The lowest BCUT2D eigenvalue weighted by Gasteiger charge is -2.60. The van der Waals surface area contributed by atoms with Gasteiger partial charge in [-0.3, -0.25) is 4.79 Å². The molecule has 0 radical (unpaired) electrons. The third kappa shape index (κ3) is 3.24. The van der Waals surface area contributed by atoms with Crippen molar-refractivity contribution in [2.75, 3.05) is 0 Å². The van der Waals surface area contributed by atoms with Crippen molar-refractivity contribution in [3.63, 3.8) is 0 Å². The molecule has 4 heteroatoms. The highest BCUT2D eigenvalue weighted by atomic mass is 32.1. The minimum atomic E-state index is -0.999. The van der Waals surface area contributed by atoms with Crippen molar-refractivity contribution in [3.05, 3.63) is 11.6 Å². The second-order valence-corrected chi connectivity index (χ2v) is 11.9. The van der Waals surface area contributed by atoms with Gasteiger partial charge < -0.3 is 5.11 Å². The number of ketones is 1. The first-order chi connectivity index (χ1) is 13.2. The van der Waals surface area contributed by atoms with Gasteiger partial charge in [-0.1, -0.05) is 51.2 Å². The average molecular weight is 423 g/mol. The number of fused-ring (bicyclic) bond motifs is 5. The van der Waals surface area contributed by atoms with Gasteiger partial charge in [0.15, 0.2) is 0 Å². The highest BCUT2D eigenvalue weighted by molar-refractivity contribution is 7.85. The first kappa shape index (κ1) is 21.3. The summed E-state index contributed by atoms with van der Waals surface area (Å²) >= 11 is 9.42. The van der Waals surface area contributed by atoms with Crippen LogP contribution in [0.1, 0.15) is 90.9 Å². The maximum absolute atomic E-state index is 12.7. The van der Waals surface area contributed by atoms with Crippen molar-refractivity contribution >= 4 is 31.0 Å². The van der Waals surface area contributed by atoms with E-state index in [0.717, 1.165) is 32.1 Å². The van der Waals surface area contributed by atoms with Gasteiger partial charge in [0.05, 0.1) is 0 Å². The van der Waals surface area contributed by atoms with Gasteiger partial charge in [0.1, 0.15) is 10.7 Å². The molecule has 0 heterocycles. The fourth-order valence-corrected chi connectivity index (χ4v) is 8.22. The van der Waals surface area contributed by atoms with Crippen molar-refractivity contribution in [2.24, 2.45) is 28.6 Å². The lowest BCUT2D eigenvalue weighted by Crippen LogP contribution is -2.55. The summed E-state index contributed by atoms with van der Waals surface area (Å²) in [6, 6.07) is 0. The Hall–Kier alpha value is 0.0700. The molecule has 0 aromatic rings. The van der Waals surface area contributed by atoms with Crippen LogP contribution >= 0.6 is 25.3 Å². The van der Waals surface area contributed by atoms with E-state index in [1.54, 1.807) is 0 Å². The third-order valence-corrected chi connectivity index (χ3v) is 10.4. The van der Waals surface area contributed by atoms with Crippen LogP contribution in [0.2, 0.25) is 0 Å². The zero-order valence-corrected chi connectivity index (χ0v) is 19.4. The Balaban J connectivity index is 1.67. The van der Waals surface area contributed by atoms with Crippen molar-refractivity contribution < 1.29 is 9.90 Å². The number of hydrogen-bond acceptors (Lipinski definition) is 4. The van der Waals surface area contributed by atoms with Gasteiger partial charge in [0, 0.05) is 23.5 Å². The fourth-order valence-electron chi connectivity index (χ4n) is 7.55. The number of Topliss-reactive ketones (excluding diaryl/α,β-unsaturated/α-hetero) is 1. The Bertz CT molecular complexity index is 657. The van der Waals surface area contributed by atoms with Crippen LogP contribution < -0.4 is 0 Å². The largest absolute Gasteiger partial charge is 0.378 e. The number of aliphatic hydroxyl groups is 1. The molecule has 4 rings (SSSR count). The Kier molecular flexibility index (Phi) is 5.81. The predicted octanol–water partition coefficient (Wildman–Crippen LogP) is 6.00. The van der Waals surface area contributed by atoms with E-state index in [2.05, 4.69) is 32.6 Å². The molecule has 0 aromatic heterocycles. The Labute approximate surface area is 182 Å². The molecule has 1 unspecified atom stereocenters. The number of unbranched alkanes of at least 4 members (excludes halogenated alkanes) is 3. The SMILES string of the molecule is CCCCCC[C@]12CC(S)[C@@](O)(S)CC1=CC[C@@H]1[C@@H]2CC[C@]2(C)C(=O)CC[C@@H]12. The highest BCUT2D eigenvalue weighted by Gasteiger charge is 2.61. The highest BCUT2D eigenvalue weighted by Crippen LogP contribution is 2.66. The summed E-state index contributed by atoms with van der Waals surface area (Å²) in [5.41, 5.74) is 1.56. The molecule has 4 aliphatic rings. The van der Waals surface area contributed by atoms with Crippen LogP contribution in [-0.4, -0.2) is 21.1 Å². The van der Waals surface area contributed by atoms with Gasteiger partial charge in [-0.15, -0.1) is 12.6 Å². The monoisotopic (exact) mass is 422 g/mol. The van der Waals surface area contributed by atoms with Gasteiger partial charge >= 0.3 is 0 Å². The summed E-state index contributed by atoms with van der Waals surface area (Å²) in [6.07, 6.45) is 15.6. The van der Waals surface area contributed by atoms with Crippen molar-refractivity contribution in [1.29, 1.82) is 0 Å². The summed E-state index contributed by atoms with van der Waals surface area (Å²) < 4.78 is 0. The molecule has 3 fully saturated rings. The number of rotatable bonds is 5. The van der Waals surface area contributed by atoms with Crippen molar-refractivity contribution in [1.82, 2.24) is 0 Å². The van der Waals surface area contributed by atoms with Gasteiger partial charge in [0.2, 0.25) is 0 Å². The van der Waals surface area contributed by atoms with Crippen LogP contribution in [0, 0.1) is 28.6 Å². The molecule has 4 aliphatic carbocycles. The smallest absolute Gasteiger partial charge is 0.139 e. The molecule has 28 heavy (non-hydrogen) atoms. The van der Waals surface area contributed by atoms with Crippen molar-refractivity contribution in [3.8, 4) is 0 Å². The van der Waals surface area contributed by atoms with Crippen molar-refractivity contribution in [2.45, 2.75) is 101 Å². The maximum atomic E-state index is 12.7. The molecule has 3 saturated carbocycles. The lowest BCUT2D eigenvalue weighted by atomic mass is 9.46. The van der Waals surface area contributed by atoms with E-state index >= 15 is 0 Å². The molecule has 0 bridgehead atoms. The molecule has 0 amide bonds. The summed E-state index contributed by atoms with van der Waals surface area (Å²) in [5.74, 6) is 2.35. The van der Waals surface area contributed by atoms with Gasteiger partial charge in [-0.05, 0) is 61.7 Å². The van der Waals surface area contributed by atoms with E-state index < -0.39 is 4.93 Å². The molecular formula is C24H38O2S2.